The fourth-order valence-corrected chi connectivity index (χ4v) is 3.92. The van der Waals surface area contributed by atoms with Crippen LogP contribution in [0, 0.1) is 23.2 Å². The normalized spacial score (nSPS) is 41.2. The molecule has 0 aromatic carbocycles. The van der Waals surface area contributed by atoms with E-state index in [9.17, 15) is 27.6 Å². The maximum absolute atomic E-state index is 12.6. The SMILES string of the molecule is [2H]C1(C(N)=O)CC2(CC2[C@H](C[C@H]2CCNC2=O)C(=O)COC(F)(F)F)C([2H])([2H])N1. The average molecular weight is 380 g/mol. The molecule has 2 aliphatic heterocycles. The van der Waals surface area contributed by atoms with E-state index < -0.39 is 60.3 Å². The van der Waals surface area contributed by atoms with Crippen LogP contribution in [0.25, 0.3) is 0 Å². The second-order valence-corrected chi connectivity index (χ2v) is 7.06. The Hall–Kier alpha value is -1.68. The zero-order valence-electron chi connectivity index (χ0n) is 16.8. The van der Waals surface area contributed by atoms with Gasteiger partial charge in [-0.05, 0) is 37.0 Å². The fourth-order valence-electron chi connectivity index (χ4n) is 3.92. The van der Waals surface area contributed by atoms with Crippen LogP contribution in [-0.2, 0) is 19.1 Å². The predicted molar refractivity (Wildman–Crippen MR) is 82.4 cm³/mol. The summed E-state index contributed by atoms with van der Waals surface area (Å²) in [6, 6.07) is -2.08. The smallest absolute Gasteiger partial charge is 0.368 e. The highest BCUT2D eigenvalue weighted by Crippen LogP contribution is 2.62. The van der Waals surface area contributed by atoms with E-state index in [1.807, 2.05) is 0 Å². The number of ketones is 1. The van der Waals surface area contributed by atoms with Gasteiger partial charge in [0.2, 0.25) is 11.8 Å². The molecule has 7 nitrogen and oxygen atoms in total. The molecule has 3 aliphatic rings. The van der Waals surface area contributed by atoms with Crippen molar-refractivity contribution < 1.29 is 36.4 Å². The third-order valence-corrected chi connectivity index (χ3v) is 5.36. The van der Waals surface area contributed by atoms with Gasteiger partial charge in [0, 0.05) is 27.6 Å². The second kappa shape index (κ2) is 6.80. The number of carbonyl (C=O) groups is 3. The molecule has 26 heavy (non-hydrogen) atoms. The predicted octanol–water partition coefficient (Wildman–Crippen LogP) is 0.0878. The first-order chi connectivity index (χ1) is 13.2. The third-order valence-electron chi connectivity index (χ3n) is 5.36. The average Bonchev–Trinajstić information content (AvgIpc) is 3.07. The fraction of sp³-hybridized carbons (Fsp3) is 0.812. The quantitative estimate of drug-likeness (QED) is 0.580. The lowest BCUT2D eigenvalue weighted by Crippen LogP contribution is -2.36. The third kappa shape index (κ3) is 4.01. The van der Waals surface area contributed by atoms with Gasteiger partial charge in [-0.15, -0.1) is 13.2 Å². The molecule has 0 bridgehead atoms. The number of hydrogen-bond acceptors (Lipinski definition) is 5. The molecule has 2 heterocycles. The van der Waals surface area contributed by atoms with Crippen molar-refractivity contribution in [2.24, 2.45) is 28.9 Å². The largest absolute Gasteiger partial charge is 0.522 e. The van der Waals surface area contributed by atoms with Crippen LogP contribution < -0.4 is 16.4 Å². The van der Waals surface area contributed by atoms with E-state index >= 15 is 0 Å². The molecule has 0 aromatic rings. The molecule has 3 fully saturated rings. The van der Waals surface area contributed by atoms with Crippen LogP contribution in [0.3, 0.4) is 0 Å². The van der Waals surface area contributed by atoms with Crippen LogP contribution in [0.2, 0.25) is 0 Å². The molecule has 1 spiro atoms. The molecule has 4 N–H and O–H groups in total. The number of nitrogens with two attached hydrogens (primary N) is 1. The van der Waals surface area contributed by atoms with E-state index in [-0.39, 0.29) is 25.2 Å². The van der Waals surface area contributed by atoms with Crippen LogP contribution in [0.4, 0.5) is 13.2 Å². The van der Waals surface area contributed by atoms with Crippen LogP contribution in [0.1, 0.15) is 29.8 Å². The highest BCUT2D eigenvalue weighted by Gasteiger charge is 2.62. The molecule has 1 aliphatic carbocycles. The summed E-state index contributed by atoms with van der Waals surface area (Å²) in [7, 11) is 0. The molecule has 1 saturated carbocycles. The maximum Gasteiger partial charge on any atom is 0.522 e. The molecule has 5 atom stereocenters. The first kappa shape index (κ1) is 15.4. The van der Waals surface area contributed by atoms with Crippen molar-refractivity contribution in [3.8, 4) is 0 Å². The van der Waals surface area contributed by atoms with Gasteiger partial charge < -0.3 is 16.4 Å². The Kier molecular flexibility index (Phi) is 4.03. The number of hydrogen-bond donors (Lipinski definition) is 3. The summed E-state index contributed by atoms with van der Waals surface area (Å²) in [5.41, 5.74) is 3.90. The van der Waals surface area contributed by atoms with Gasteiger partial charge in [0.15, 0.2) is 5.78 Å². The van der Waals surface area contributed by atoms with E-state index in [0.717, 1.165) is 0 Å². The van der Waals surface area contributed by atoms with Crippen molar-refractivity contribution in [3.63, 3.8) is 0 Å². The Bertz CT molecular complexity index is 738. The standard InChI is InChI=1S/C16H22F3N3O4/c17-16(18,19)26-6-12(23)9(3-8-1-2-21-14(8)25)10-4-15(10)5-11(13(20)24)22-7-15/h8-11,22H,1-7H2,(H2,20,24)(H,21,25)/t8-,9+,10?,11?,15?/m1/s1/i7D2,11D. The van der Waals surface area contributed by atoms with E-state index in [2.05, 4.69) is 15.4 Å². The van der Waals surface area contributed by atoms with Crippen molar-refractivity contribution in [1.29, 1.82) is 0 Å². The van der Waals surface area contributed by atoms with E-state index in [0.29, 0.717) is 13.0 Å². The second-order valence-electron chi connectivity index (χ2n) is 7.06. The summed E-state index contributed by atoms with van der Waals surface area (Å²) >= 11 is 0. The summed E-state index contributed by atoms with van der Waals surface area (Å²) in [5, 5.41) is 4.86. The van der Waals surface area contributed by atoms with Gasteiger partial charge in [0.1, 0.15) is 6.61 Å². The summed E-state index contributed by atoms with van der Waals surface area (Å²) < 4.78 is 65.3. The van der Waals surface area contributed by atoms with Gasteiger partial charge in [-0.1, -0.05) is 0 Å². The molecular formula is C16H22F3N3O4. The number of amides is 2. The number of carbonyl (C=O) groups excluding carboxylic acids is 3. The van der Waals surface area contributed by atoms with Crippen LogP contribution in [-0.4, -0.2) is 49.6 Å². The van der Waals surface area contributed by atoms with Crippen molar-refractivity contribution in [1.82, 2.24) is 10.6 Å². The molecule has 10 heteroatoms. The van der Waals surface area contributed by atoms with Crippen molar-refractivity contribution in [3.05, 3.63) is 0 Å². The summed E-state index contributed by atoms with van der Waals surface area (Å²) in [6.45, 7) is -3.08. The zero-order valence-corrected chi connectivity index (χ0v) is 13.8. The van der Waals surface area contributed by atoms with Crippen LogP contribution >= 0.6 is 0 Å². The van der Waals surface area contributed by atoms with Gasteiger partial charge >= 0.3 is 6.36 Å². The molecule has 0 radical (unpaired) electrons. The van der Waals surface area contributed by atoms with E-state index in [4.69, 9.17) is 9.85 Å². The van der Waals surface area contributed by atoms with Gasteiger partial charge in [0.05, 0.1) is 7.39 Å². The Balaban J connectivity index is 1.82. The molecule has 3 unspecified atom stereocenters. The Morgan fingerprint density at radius 2 is 2.19 bits per heavy atom. The van der Waals surface area contributed by atoms with Gasteiger partial charge in [-0.3, -0.25) is 19.1 Å². The molecule has 146 valence electrons. The number of rotatable bonds is 7. The minimum atomic E-state index is -5.00. The Labute approximate surface area is 152 Å². The molecule has 3 rings (SSSR count). The topological polar surface area (TPSA) is 111 Å². The number of nitrogens with one attached hydrogen (secondary N) is 2. The molecule has 0 aromatic heterocycles. The maximum atomic E-state index is 12.6. The number of ether oxygens (including phenoxy) is 1. The lowest BCUT2D eigenvalue weighted by Gasteiger charge is -2.21. The highest BCUT2D eigenvalue weighted by atomic mass is 19.4. The lowest BCUT2D eigenvalue weighted by atomic mass is 9.83. The summed E-state index contributed by atoms with van der Waals surface area (Å²) in [6.07, 6.45) is -4.86. The summed E-state index contributed by atoms with van der Waals surface area (Å²) in [4.78, 5) is 36.1. The first-order valence-corrected chi connectivity index (χ1v) is 8.31. The lowest BCUT2D eigenvalue weighted by molar-refractivity contribution is -0.321. The molecule has 2 amide bonds. The molecular weight excluding hydrogens is 355 g/mol. The minimum Gasteiger partial charge on any atom is -0.368 e. The number of Topliss-reactive ketones (excluding diaryl/α,β-unsaturated/α-hetero) is 1. The van der Waals surface area contributed by atoms with Crippen molar-refractivity contribution in [2.75, 3.05) is 19.6 Å². The van der Waals surface area contributed by atoms with Crippen LogP contribution in [0.15, 0.2) is 0 Å². The van der Waals surface area contributed by atoms with E-state index in [1.165, 1.54) is 0 Å². The molecule has 2 saturated heterocycles. The van der Waals surface area contributed by atoms with Crippen molar-refractivity contribution in [2.45, 2.75) is 38.1 Å². The van der Waals surface area contributed by atoms with Gasteiger partial charge in [-0.25, -0.2) is 0 Å². The zero-order chi connectivity index (χ0) is 21.8. The number of halogens is 3. The number of primary amides is 1. The first-order valence-electron chi connectivity index (χ1n) is 9.81. The summed E-state index contributed by atoms with van der Waals surface area (Å²) in [5.74, 6) is -4.67. The van der Waals surface area contributed by atoms with E-state index in [1.54, 1.807) is 0 Å². The monoisotopic (exact) mass is 380 g/mol. The number of alkyl halides is 3. The van der Waals surface area contributed by atoms with Crippen LogP contribution in [0.5, 0.6) is 0 Å². The Morgan fingerprint density at radius 1 is 1.46 bits per heavy atom. The van der Waals surface area contributed by atoms with Gasteiger partial charge in [-0.2, -0.15) is 0 Å². The van der Waals surface area contributed by atoms with Gasteiger partial charge in [0.25, 0.3) is 0 Å². The minimum absolute atomic E-state index is 0.0457. The highest BCUT2D eigenvalue weighted by molar-refractivity contribution is 5.85. The Morgan fingerprint density at radius 3 is 2.73 bits per heavy atom. The van der Waals surface area contributed by atoms with Crippen molar-refractivity contribution >= 4 is 17.6 Å².